The van der Waals surface area contributed by atoms with Gasteiger partial charge in [0.25, 0.3) is 0 Å². The van der Waals surface area contributed by atoms with Crippen molar-refractivity contribution in [2.45, 2.75) is 42.4 Å². The molecule has 1 aliphatic carbocycles. The predicted octanol–water partition coefficient (Wildman–Crippen LogP) is 3.15. The van der Waals surface area contributed by atoms with Crippen LogP contribution in [0.2, 0.25) is 0 Å². The number of benzene rings is 1. The second-order valence-corrected chi connectivity index (χ2v) is 8.39. The second-order valence-electron chi connectivity index (χ2n) is 5.59. The van der Waals surface area contributed by atoms with Crippen molar-refractivity contribution in [3.05, 3.63) is 28.0 Å². The Hall–Kier alpha value is -0.460. The number of halogens is 2. The van der Waals surface area contributed by atoms with E-state index in [4.69, 9.17) is 5.73 Å². The van der Waals surface area contributed by atoms with Gasteiger partial charge in [-0.2, -0.15) is 0 Å². The van der Waals surface area contributed by atoms with E-state index < -0.39 is 15.7 Å². The molecule has 0 amide bonds. The molecule has 0 atom stereocenters. The zero-order valence-electron chi connectivity index (χ0n) is 11.5. The molecule has 1 aromatic rings. The average molecular weight is 364 g/mol. The maximum Gasteiger partial charge on any atom is 0.179 e. The summed E-state index contributed by atoms with van der Waals surface area (Å²) in [4.78, 5) is -0.274. The van der Waals surface area contributed by atoms with E-state index in [2.05, 4.69) is 15.9 Å². The Bertz CT molecular complexity index is 587. The van der Waals surface area contributed by atoms with Crippen LogP contribution in [0.3, 0.4) is 0 Å². The molecule has 3 nitrogen and oxygen atoms in total. The molecule has 1 aromatic carbocycles. The molecule has 0 aliphatic heterocycles. The van der Waals surface area contributed by atoms with Gasteiger partial charge in [0, 0.05) is 22.7 Å². The summed E-state index contributed by atoms with van der Waals surface area (Å²) in [6.07, 6.45) is 6.18. The van der Waals surface area contributed by atoms with Gasteiger partial charge in [0.05, 0.1) is 0 Å². The van der Waals surface area contributed by atoms with E-state index in [0.717, 1.165) is 37.5 Å². The Morgan fingerprint density at radius 2 is 1.90 bits per heavy atom. The van der Waals surface area contributed by atoms with Crippen LogP contribution in [0.4, 0.5) is 4.39 Å². The maximum absolute atomic E-state index is 14.2. The fourth-order valence-electron chi connectivity index (χ4n) is 3.06. The molecule has 0 saturated heterocycles. The third-order valence-corrected chi connectivity index (χ3v) is 6.23. The molecule has 1 saturated carbocycles. The SMILES string of the molecule is CS(=O)(=O)c1c(F)cc(C2(CN)CCCCC2)cc1Br. The van der Waals surface area contributed by atoms with Gasteiger partial charge in [-0.05, 0) is 46.5 Å². The normalized spacial score (nSPS) is 19.0. The van der Waals surface area contributed by atoms with Crippen molar-refractivity contribution in [1.29, 1.82) is 0 Å². The van der Waals surface area contributed by atoms with Crippen molar-refractivity contribution in [3.63, 3.8) is 0 Å². The summed E-state index contributed by atoms with van der Waals surface area (Å²) in [5.74, 6) is -0.699. The number of sulfone groups is 1. The van der Waals surface area contributed by atoms with Crippen molar-refractivity contribution in [1.82, 2.24) is 0 Å². The lowest BCUT2D eigenvalue weighted by Gasteiger charge is -2.37. The fourth-order valence-corrected chi connectivity index (χ4v) is 5.20. The first-order chi connectivity index (χ1) is 9.30. The lowest BCUT2D eigenvalue weighted by atomic mass is 9.69. The van der Waals surface area contributed by atoms with E-state index in [1.807, 2.05) is 0 Å². The van der Waals surface area contributed by atoms with Gasteiger partial charge < -0.3 is 5.73 Å². The van der Waals surface area contributed by atoms with Crippen LogP contribution in [0.5, 0.6) is 0 Å². The fraction of sp³-hybridized carbons (Fsp3) is 0.571. The van der Waals surface area contributed by atoms with Gasteiger partial charge in [-0.3, -0.25) is 0 Å². The summed E-state index contributed by atoms with van der Waals surface area (Å²) >= 11 is 3.19. The van der Waals surface area contributed by atoms with Gasteiger partial charge in [0.15, 0.2) is 9.84 Å². The Morgan fingerprint density at radius 3 is 2.35 bits per heavy atom. The van der Waals surface area contributed by atoms with Crippen LogP contribution < -0.4 is 5.73 Å². The van der Waals surface area contributed by atoms with Crippen molar-refractivity contribution >= 4 is 25.8 Å². The summed E-state index contributed by atoms with van der Waals surface area (Å²) in [5, 5.41) is 0. The molecular formula is C14H19BrFNO2S. The lowest BCUT2D eigenvalue weighted by Crippen LogP contribution is -2.37. The van der Waals surface area contributed by atoms with E-state index in [1.54, 1.807) is 6.07 Å². The summed E-state index contributed by atoms with van der Waals surface area (Å²) < 4.78 is 37.7. The van der Waals surface area contributed by atoms with E-state index >= 15 is 0 Å². The highest BCUT2D eigenvalue weighted by atomic mass is 79.9. The second kappa shape index (κ2) is 5.73. The van der Waals surface area contributed by atoms with E-state index in [1.165, 1.54) is 12.5 Å². The van der Waals surface area contributed by atoms with Gasteiger partial charge in [0.1, 0.15) is 10.7 Å². The molecule has 2 rings (SSSR count). The molecule has 2 N–H and O–H groups in total. The van der Waals surface area contributed by atoms with Gasteiger partial charge in [-0.25, -0.2) is 12.8 Å². The third kappa shape index (κ3) is 2.92. The molecule has 1 aliphatic rings. The molecule has 0 heterocycles. The van der Waals surface area contributed by atoms with Gasteiger partial charge in [-0.1, -0.05) is 19.3 Å². The first-order valence-electron chi connectivity index (χ1n) is 6.70. The highest BCUT2D eigenvalue weighted by Crippen LogP contribution is 2.41. The lowest BCUT2D eigenvalue weighted by molar-refractivity contribution is 0.299. The minimum Gasteiger partial charge on any atom is -0.330 e. The number of hydrogen-bond donors (Lipinski definition) is 1. The van der Waals surface area contributed by atoms with Crippen molar-refractivity contribution in [3.8, 4) is 0 Å². The molecule has 20 heavy (non-hydrogen) atoms. The minimum absolute atomic E-state index is 0.225. The van der Waals surface area contributed by atoms with Crippen LogP contribution in [0.25, 0.3) is 0 Å². The van der Waals surface area contributed by atoms with Crippen molar-refractivity contribution in [2.75, 3.05) is 12.8 Å². The summed E-state index contributed by atoms with van der Waals surface area (Å²) in [7, 11) is -3.59. The van der Waals surface area contributed by atoms with Gasteiger partial charge >= 0.3 is 0 Å². The van der Waals surface area contributed by atoms with Crippen LogP contribution in [0.1, 0.15) is 37.7 Å². The Kier molecular flexibility index (Phi) is 4.56. The maximum atomic E-state index is 14.2. The van der Waals surface area contributed by atoms with Crippen LogP contribution in [-0.4, -0.2) is 21.2 Å². The van der Waals surface area contributed by atoms with Crippen LogP contribution >= 0.6 is 15.9 Å². The number of nitrogens with two attached hydrogens (primary N) is 1. The molecule has 1 fully saturated rings. The largest absolute Gasteiger partial charge is 0.330 e. The standard InChI is InChI=1S/C14H19BrFNO2S/c1-20(18,19)13-11(15)7-10(8-12(13)16)14(9-17)5-3-2-4-6-14/h7-8H,2-6,9,17H2,1H3. The Morgan fingerprint density at radius 1 is 1.30 bits per heavy atom. The van der Waals surface area contributed by atoms with E-state index in [9.17, 15) is 12.8 Å². The average Bonchev–Trinajstić information content (AvgIpc) is 2.37. The molecule has 0 aromatic heterocycles. The quantitative estimate of drug-likeness (QED) is 0.896. The minimum atomic E-state index is -3.59. The molecule has 0 bridgehead atoms. The van der Waals surface area contributed by atoms with Crippen molar-refractivity contribution < 1.29 is 12.8 Å². The molecular weight excluding hydrogens is 345 g/mol. The first kappa shape index (κ1) is 15.9. The van der Waals surface area contributed by atoms with Gasteiger partial charge in [0.2, 0.25) is 0 Å². The van der Waals surface area contributed by atoms with Gasteiger partial charge in [-0.15, -0.1) is 0 Å². The third-order valence-electron chi connectivity index (χ3n) is 4.18. The van der Waals surface area contributed by atoms with E-state index in [-0.39, 0.29) is 14.8 Å². The number of hydrogen-bond acceptors (Lipinski definition) is 3. The van der Waals surface area contributed by atoms with Crippen molar-refractivity contribution in [2.24, 2.45) is 5.73 Å². The highest BCUT2D eigenvalue weighted by molar-refractivity contribution is 9.10. The van der Waals surface area contributed by atoms with Crippen LogP contribution in [0.15, 0.2) is 21.5 Å². The highest BCUT2D eigenvalue weighted by Gasteiger charge is 2.34. The number of rotatable bonds is 3. The molecule has 0 spiro atoms. The van der Waals surface area contributed by atoms with Crippen LogP contribution in [0, 0.1) is 5.82 Å². The smallest absolute Gasteiger partial charge is 0.179 e. The first-order valence-corrected chi connectivity index (χ1v) is 9.38. The zero-order valence-corrected chi connectivity index (χ0v) is 13.9. The molecule has 6 heteroatoms. The molecule has 112 valence electrons. The summed E-state index contributed by atoms with van der Waals surface area (Å²) in [6.45, 7) is 0.455. The topological polar surface area (TPSA) is 60.2 Å². The Labute approximate surface area is 127 Å². The molecule has 0 unspecified atom stereocenters. The molecule has 0 radical (unpaired) electrons. The predicted molar refractivity (Wildman–Crippen MR) is 81.0 cm³/mol. The van der Waals surface area contributed by atoms with Crippen LogP contribution in [-0.2, 0) is 15.3 Å². The monoisotopic (exact) mass is 363 g/mol. The zero-order chi connectivity index (χ0) is 15.0. The Balaban J connectivity index is 2.54. The summed E-state index contributed by atoms with van der Waals surface area (Å²) in [6, 6.07) is 3.07. The summed E-state index contributed by atoms with van der Waals surface area (Å²) in [5.41, 5.74) is 6.52. The van der Waals surface area contributed by atoms with E-state index in [0.29, 0.717) is 6.54 Å².